The van der Waals surface area contributed by atoms with Crippen LogP contribution in [-0.2, 0) is 9.53 Å². The number of ether oxygens (including phenoxy) is 1. The van der Waals surface area contributed by atoms with Crippen LogP contribution in [0.25, 0.3) is 0 Å². The molecule has 0 saturated heterocycles. The van der Waals surface area contributed by atoms with Gasteiger partial charge >= 0.3 is 5.97 Å². The predicted molar refractivity (Wildman–Crippen MR) is 74.5 cm³/mol. The zero-order chi connectivity index (χ0) is 13.4. The molecule has 3 nitrogen and oxygen atoms in total. The number of anilines is 1. The van der Waals surface area contributed by atoms with Gasteiger partial charge in [0.05, 0.1) is 0 Å². The fourth-order valence-electron chi connectivity index (χ4n) is 1.41. The van der Waals surface area contributed by atoms with E-state index in [1.165, 1.54) is 0 Å². The van der Waals surface area contributed by atoms with Crippen molar-refractivity contribution < 1.29 is 9.53 Å². The monoisotopic (exact) mass is 247 g/mol. The summed E-state index contributed by atoms with van der Waals surface area (Å²) in [6.07, 6.45) is 2.80. The van der Waals surface area contributed by atoms with Crippen LogP contribution in [-0.4, -0.2) is 18.1 Å². The Bertz CT molecular complexity index is 385. The van der Waals surface area contributed by atoms with Crippen molar-refractivity contribution in [3.8, 4) is 0 Å². The van der Waals surface area contributed by atoms with E-state index in [1.807, 2.05) is 44.2 Å². The lowest BCUT2D eigenvalue weighted by atomic mass is 10.1. The third-order valence-corrected chi connectivity index (χ3v) is 2.53. The summed E-state index contributed by atoms with van der Waals surface area (Å²) in [6, 6.07) is 9.92. The molecule has 0 heterocycles. The Hall–Kier alpha value is -1.77. The molecular weight excluding hydrogens is 226 g/mol. The number of benzene rings is 1. The van der Waals surface area contributed by atoms with Gasteiger partial charge in [0.25, 0.3) is 0 Å². The van der Waals surface area contributed by atoms with E-state index in [4.69, 9.17) is 4.74 Å². The van der Waals surface area contributed by atoms with Crippen molar-refractivity contribution in [2.45, 2.75) is 32.3 Å². The Morgan fingerprint density at radius 2 is 2.06 bits per heavy atom. The highest BCUT2D eigenvalue weighted by Gasteiger charge is 2.17. The zero-order valence-corrected chi connectivity index (χ0v) is 11.1. The summed E-state index contributed by atoms with van der Waals surface area (Å²) in [5.74, 6) is -0.185. The fourth-order valence-corrected chi connectivity index (χ4v) is 1.41. The summed E-state index contributed by atoms with van der Waals surface area (Å²) in [7, 11) is 0. The Morgan fingerprint density at radius 3 is 2.67 bits per heavy atom. The Morgan fingerprint density at radius 1 is 1.39 bits per heavy atom. The largest absolute Gasteiger partial charge is 0.455 e. The molecule has 0 fully saturated rings. The third-order valence-electron chi connectivity index (χ3n) is 2.53. The van der Waals surface area contributed by atoms with Crippen LogP contribution in [0, 0.1) is 0 Å². The van der Waals surface area contributed by atoms with Crippen LogP contribution in [0.5, 0.6) is 0 Å². The van der Waals surface area contributed by atoms with E-state index >= 15 is 0 Å². The molecule has 0 aliphatic carbocycles. The zero-order valence-electron chi connectivity index (χ0n) is 11.1. The third kappa shape index (κ3) is 5.53. The van der Waals surface area contributed by atoms with Gasteiger partial charge in [0.15, 0.2) is 0 Å². The van der Waals surface area contributed by atoms with E-state index in [1.54, 1.807) is 6.08 Å². The van der Waals surface area contributed by atoms with Crippen LogP contribution in [0.4, 0.5) is 5.69 Å². The lowest BCUT2D eigenvalue weighted by Crippen LogP contribution is -2.25. The molecule has 0 unspecified atom stereocenters. The first-order valence-corrected chi connectivity index (χ1v) is 6.18. The number of hydrogen-bond donors (Lipinski definition) is 1. The summed E-state index contributed by atoms with van der Waals surface area (Å²) in [6.45, 7) is 8.03. The molecule has 0 aromatic heterocycles. The van der Waals surface area contributed by atoms with Crippen LogP contribution in [0.2, 0.25) is 0 Å². The Labute approximate surface area is 109 Å². The van der Waals surface area contributed by atoms with Gasteiger partial charge in [-0.05, 0) is 38.5 Å². The number of rotatable bonds is 7. The molecule has 1 rings (SSSR count). The molecular formula is C15H21NO2. The van der Waals surface area contributed by atoms with Crippen molar-refractivity contribution in [2.75, 3.05) is 11.9 Å². The second-order valence-corrected chi connectivity index (χ2v) is 4.68. The Kier molecular flexibility index (Phi) is 5.43. The topological polar surface area (TPSA) is 38.3 Å². The number of para-hydroxylation sites is 1. The molecule has 1 N–H and O–H groups in total. The van der Waals surface area contributed by atoms with Gasteiger partial charge in [-0.3, -0.25) is 4.79 Å². The minimum atomic E-state index is -0.579. The molecule has 1 aromatic rings. The molecule has 98 valence electrons. The van der Waals surface area contributed by atoms with E-state index < -0.39 is 5.60 Å². The highest BCUT2D eigenvalue weighted by molar-refractivity contribution is 5.70. The molecule has 0 amide bonds. The van der Waals surface area contributed by atoms with Gasteiger partial charge < -0.3 is 10.1 Å². The standard InChI is InChI=1S/C15H21NO2/c1-4-15(2,3)18-14(17)11-8-12-16-13-9-6-5-7-10-13/h4-7,9-10,16H,1,8,11-12H2,2-3H3. The minimum absolute atomic E-state index is 0.185. The average molecular weight is 247 g/mol. The fraction of sp³-hybridized carbons (Fsp3) is 0.400. The second kappa shape index (κ2) is 6.84. The number of carbonyl (C=O) groups is 1. The highest BCUT2D eigenvalue weighted by atomic mass is 16.6. The molecule has 1 aromatic carbocycles. The molecule has 3 heteroatoms. The van der Waals surface area contributed by atoms with Gasteiger partial charge in [0, 0.05) is 18.7 Å². The summed E-state index contributed by atoms with van der Waals surface area (Å²) in [5.41, 5.74) is 0.488. The first kappa shape index (κ1) is 14.3. The van der Waals surface area contributed by atoms with Crippen molar-refractivity contribution in [1.29, 1.82) is 0 Å². The first-order chi connectivity index (χ1) is 8.53. The molecule has 0 aliphatic heterocycles. The van der Waals surface area contributed by atoms with Gasteiger partial charge in [-0.15, -0.1) is 0 Å². The number of esters is 1. The predicted octanol–water partition coefficient (Wildman–Crippen LogP) is 3.39. The summed E-state index contributed by atoms with van der Waals surface area (Å²) >= 11 is 0. The maximum absolute atomic E-state index is 11.5. The van der Waals surface area contributed by atoms with Crippen molar-refractivity contribution in [3.63, 3.8) is 0 Å². The van der Waals surface area contributed by atoms with E-state index in [0.29, 0.717) is 6.42 Å². The van der Waals surface area contributed by atoms with E-state index in [0.717, 1.165) is 18.7 Å². The van der Waals surface area contributed by atoms with E-state index in [9.17, 15) is 4.79 Å². The number of carbonyl (C=O) groups excluding carboxylic acids is 1. The highest BCUT2D eigenvalue weighted by Crippen LogP contribution is 2.12. The molecule has 0 aliphatic rings. The maximum atomic E-state index is 11.5. The summed E-state index contributed by atoms with van der Waals surface area (Å²) < 4.78 is 5.25. The lowest BCUT2D eigenvalue weighted by molar-refractivity contribution is -0.152. The Balaban J connectivity index is 2.18. The number of hydrogen-bond acceptors (Lipinski definition) is 3. The van der Waals surface area contributed by atoms with Crippen LogP contribution >= 0.6 is 0 Å². The van der Waals surface area contributed by atoms with Crippen LogP contribution in [0.15, 0.2) is 43.0 Å². The van der Waals surface area contributed by atoms with Gasteiger partial charge in [0.1, 0.15) is 5.60 Å². The van der Waals surface area contributed by atoms with Crippen LogP contribution in [0.1, 0.15) is 26.7 Å². The van der Waals surface area contributed by atoms with Gasteiger partial charge in [-0.25, -0.2) is 0 Å². The smallest absolute Gasteiger partial charge is 0.306 e. The summed E-state index contributed by atoms with van der Waals surface area (Å²) in [4.78, 5) is 11.5. The average Bonchev–Trinajstić information content (AvgIpc) is 2.35. The minimum Gasteiger partial charge on any atom is -0.455 e. The quantitative estimate of drug-likeness (QED) is 0.456. The maximum Gasteiger partial charge on any atom is 0.306 e. The molecule has 18 heavy (non-hydrogen) atoms. The summed E-state index contributed by atoms with van der Waals surface area (Å²) in [5, 5.41) is 3.25. The van der Waals surface area contributed by atoms with Crippen LogP contribution < -0.4 is 5.32 Å². The normalized spacial score (nSPS) is 10.8. The number of nitrogens with one attached hydrogen (secondary N) is 1. The van der Waals surface area contributed by atoms with Gasteiger partial charge in [-0.2, -0.15) is 0 Å². The van der Waals surface area contributed by atoms with Gasteiger partial charge in [-0.1, -0.05) is 24.8 Å². The second-order valence-electron chi connectivity index (χ2n) is 4.68. The molecule has 0 saturated carbocycles. The van der Waals surface area contributed by atoms with Crippen molar-refractivity contribution in [2.24, 2.45) is 0 Å². The van der Waals surface area contributed by atoms with Crippen molar-refractivity contribution in [3.05, 3.63) is 43.0 Å². The van der Waals surface area contributed by atoms with Crippen molar-refractivity contribution >= 4 is 11.7 Å². The SMILES string of the molecule is C=CC(C)(C)OC(=O)CCCNc1ccccc1. The molecule has 0 radical (unpaired) electrons. The van der Waals surface area contributed by atoms with Crippen LogP contribution in [0.3, 0.4) is 0 Å². The molecule has 0 spiro atoms. The van der Waals surface area contributed by atoms with Gasteiger partial charge in [0.2, 0.25) is 0 Å². The van der Waals surface area contributed by atoms with Crippen molar-refractivity contribution in [1.82, 2.24) is 0 Å². The van der Waals surface area contributed by atoms with E-state index in [2.05, 4.69) is 11.9 Å². The lowest BCUT2D eigenvalue weighted by Gasteiger charge is -2.20. The first-order valence-electron chi connectivity index (χ1n) is 6.18. The van der Waals surface area contributed by atoms with E-state index in [-0.39, 0.29) is 5.97 Å². The molecule has 0 atom stereocenters. The molecule has 0 bridgehead atoms.